The smallest absolute Gasteiger partial charge is 0.320 e. The average molecular weight is 333 g/mol. The summed E-state index contributed by atoms with van der Waals surface area (Å²) in [4.78, 5) is 25.8. The van der Waals surface area contributed by atoms with Crippen LogP contribution in [0.3, 0.4) is 0 Å². The van der Waals surface area contributed by atoms with Gasteiger partial charge in [0.1, 0.15) is 6.04 Å². The van der Waals surface area contributed by atoms with Gasteiger partial charge in [0.2, 0.25) is 5.24 Å². The van der Waals surface area contributed by atoms with Crippen molar-refractivity contribution in [3.63, 3.8) is 0 Å². The van der Waals surface area contributed by atoms with E-state index in [1.165, 1.54) is 0 Å². The largest absolute Gasteiger partial charge is 0.480 e. The van der Waals surface area contributed by atoms with Crippen LogP contribution in [0.2, 0.25) is 0 Å². The molecule has 0 aromatic carbocycles. The molecule has 6 heteroatoms. The Labute approximate surface area is 138 Å². The Morgan fingerprint density at radius 2 is 1.36 bits per heavy atom. The monoisotopic (exact) mass is 332 g/mol. The van der Waals surface area contributed by atoms with Gasteiger partial charge in [-0.2, -0.15) is 0 Å². The highest BCUT2D eigenvalue weighted by molar-refractivity contribution is 6.64. The van der Waals surface area contributed by atoms with Gasteiger partial charge in [0.05, 0.1) is 6.04 Å². The van der Waals surface area contributed by atoms with Gasteiger partial charge in [-0.05, 0) is 78.1 Å². The fraction of sp³-hybridized carbons (Fsp3) is 0.875. The summed E-state index contributed by atoms with van der Waals surface area (Å²) in [6.45, 7) is 10.2. The zero-order valence-corrected chi connectivity index (χ0v) is 14.8. The topological polar surface area (TPSA) is 60.9 Å². The summed E-state index contributed by atoms with van der Waals surface area (Å²) in [6, 6.07) is 0.551. The first-order chi connectivity index (χ1) is 10.3. The predicted octanol–water partition coefficient (Wildman–Crippen LogP) is 2.57. The summed E-state index contributed by atoms with van der Waals surface area (Å²) >= 11 is 5.44. The van der Waals surface area contributed by atoms with E-state index in [-0.39, 0.29) is 17.3 Å². The van der Waals surface area contributed by atoms with Crippen molar-refractivity contribution in [2.75, 3.05) is 13.1 Å². The van der Waals surface area contributed by atoms with Crippen molar-refractivity contribution in [3.8, 4) is 0 Å². The van der Waals surface area contributed by atoms with E-state index in [0.717, 1.165) is 38.8 Å². The SMILES string of the molecule is CC(C)N1CCC[C@H]1C(=O)Cl.CC(C)N1CCC[C@H]1C(=O)O. The van der Waals surface area contributed by atoms with Gasteiger partial charge in [-0.1, -0.05) is 0 Å². The lowest BCUT2D eigenvalue weighted by molar-refractivity contribution is -0.142. The van der Waals surface area contributed by atoms with Crippen LogP contribution in [0.15, 0.2) is 0 Å². The highest BCUT2D eigenvalue weighted by atomic mass is 35.5. The van der Waals surface area contributed by atoms with E-state index >= 15 is 0 Å². The minimum Gasteiger partial charge on any atom is -0.480 e. The summed E-state index contributed by atoms with van der Waals surface area (Å²) in [5.41, 5.74) is 0. The molecule has 0 aromatic heterocycles. The van der Waals surface area contributed by atoms with Crippen LogP contribution in [-0.4, -0.2) is 63.4 Å². The summed E-state index contributed by atoms with van der Waals surface area (Å²) in [6.07, 6.45) is 3.87. The first-order valence-corrected chi connectivity index (χ1v) is 8.57. The lowest BCUT2D eigenvalue weighted by atomic mass is 10.2. The molecule has 0 unspecified atom stereocenters. The van der Waals surface area contributed by atoms with Crippen LogP contribution >= 0.6 is 11.6 Å². The molecule has 0 aliphatic carbocycles. The molecule has 128 valence electrons. The van der Waals surface area contributed by atoms with Crippen molar-refractivity contribution >= 4 is 22.8 Å². The Kier molecular flexibility index (Phi) is 7.80. The normalized spacial score (nSPS) is 26.3. The predicted molar refractivity (Wildman–Crippen MR) is 88.2 cm³/mol. The maximum atomic E-state index is 10.9. The Morgan fingerprint density at radius 1 is 0.955 bits per heavy atom. The number of aliphatic carboxylic acids is 1. The molecule has 0 aromatic rings. The molecule has 0 bridgehead atoms. The number of carbonyl (C=O) groups is 2. The van der Waals surface area contributed by atoms with E-state index in [1.54, 1.807) is 0 Å². The maximum Gasteiger partial charge on any atom is 0.320 e. The number of hydrogen-bond donors (Lipinski definition) is 1. The molecule has 1 N–H and O–H groups in total. The van der Waals surface area contributed by atoms with E-state index in [9.17, 15) is 9.59 Å². The molecule has 0 spiro atoms. The molecule has 2 rings (SSSR count). The third-order valence-corrected chi connectivity index (χ3v) is 4.71. The number of carboxylic acids is 1. The van der Waals surface area contributed by atoms with E-state index in [4.69, 9.17) is 16.7 Å². The third kappa shape index (κ3) is 5.21. The molecule has 2 aliphatic heterocycles. The van der Waals surface area contributed by atoms with Crippen LogP contribution < -0.4 is 0 Å². The molecule has 2 heterocycles. The number of hydrogen-bond acceptors (Lipinski definition) is 4. The first kappa shape index (κ1) is 19.4. The van der Waals surface area contributed by atoms with Crippen LogP contribution in [0.4, 0.5) is 0 Å². The third-order valence-electron chi connectivity index (χ3n) is 4.46. The molecular weight excluding hydrogens is 304 g/mol. The summed E-state index contributed by atoms with van der Waals surface area (Å²) in [5, 5.41) is 8.59. The number of nitrogens with zero attached hydrogens (tertiary/aromatic N) is 2. The second kappa shape index (κ2) is 8.85. The second-order valence-corrected chi connectivity index (χ2v) is 6.99. The van der Waals surface area contributed by atoms with Gasteiger partial charge in [0.25, 0.3) is 0 Å². The molecule has 0 radical (unpaired) electrons. The van der Waals surface area contributed by atoms with Gasteiger partial charge >= 0.3 is 5.97 Å². The highest BCUT2D eigenvalue weighted by Gasteiger charge is 2.32. The molecule has 0 amide bonds. The second-order valence-electron chi connectivity index (χ2n) is 6.62. The number of carboxylic acid groups (broad SMARTS) is 1. The quantitative estimate of drug-likeness (QED) is 0.802. The van der Waals surface area contributed by atoms with E-state index < -0.39 is 5.97 Å². The molecule has 2 saturated heterocycles. The number of carbonyl (C=O) groups excluding carboxylic acids is 1. The average Bonchev–Trinajstić information content (AvgIpc) is 3.08. The maximum absolute atomic E-state index is 10.9. The van der Waals surface area contributed by atoms with Gasteiger partial charge in [0.15, 0.2) is 0 Å². The van der Waals surface area contributed by atoms with Crippen molar-refractivity contribution < 1.29 is 14.7 Å². The van der Waals surface area contributed by atoms with Crippen LogP contribution in [0.5, 0.6) is 0 Å². The minimum atomic E-state index is -0.670. The van der Waals surface area contributed by atoms with E-state index in [0.29, 0.717) is 12.1 Å². The summed E-state index contributed by atoms with van der Waals surface area (Å²) < 4.78 is 0. The number of halogens is 1. The van der Waals surface area contributed by atoms with Gasteiger partial charge in [-0.25, -0.2) is 0 Å². The molecular formula is C16H29ClN2O3. The van der Waals surface area contributed by atoms with Crippen LogP contribution in [-0.2, 0) is 9.59 Å². The van der Waals surface area contributed by atoms with Crippen LogP contribution in [0, 0.1) is 0 Å². The lowest BCUT2D eigenvalue weighted by Gasteiger charge is -2.25. The first-order valence-electron chi connectivity index (χ1n) is 8.19. The molecule has 2 aliphatic rings. The zero-order valence-electron chi connectivity index (χ0n) is 14.1. The lowest BCUT2D eigenvalue weighted by Crippen LogP contribution is -2.40. The Morgan fingerprint density at radius 3 is 1.64 bits per heavy atom. The molecule has 5 nitrogen and oxygen atoms in total. The standard InChI is InChI=1S/C8H14ClNO.C8H15NO2/c1-6(2)10-5-3-4-7(10)8(9)11;1-6(2)9-5-3-4-7(9)8(10)11/h6-7H,3-5H2,1-2H3;6-7H,3-5H2,1-2H3,(H,10,11)/t2*7-/m00/s1. The zero-order chi connectivity index (χ0) is 16.9. The summed E-state index contributed by atoms with van der Waals surface area (Å²) in [5.74, 6) is -0.670. The van der Waals surface area contributed by atoms with Crippen LogP contribution in [0.25, 0.3) is 0 Å². The Balaban J connectivity index is 0.000000220. The van der Waals surface area contributed by atoms with E-state index in [2.05, 4.69) is 18.7 Å². The number of likely N-dealkylation sites (tertiary alicyclic amines) is 2. The van der Waals surface area contributed by atoms with Gasteiger partial charge in [0, 0.05) is 12.1 Å². The minimum absolute atomic E-state index is 0.0170. The van der Waals surface area contributed by atoms with E-state index in [1.807, 2.05) is 18.7 Å². The highest BCUT2D eigenvalue weighted by Crippen LogP contribution is 2.21. The molecule has 22 heavy (non-hydrogen) atoms. The van der Waals surface area contributed by atoms with Gasteiger partial charge in [-0.15, -0.1) is 0 Å². The van der Waals surface area contributed by atoms with Gasteiger partial charge in [-0.3, -0.25) is 19.4 Å². The van der Waals surface area contributed by atoms with Crippen molar-refractivity contribution in [1.29, 1.82) is 0 Å². The number of rotatable bonds is 4. The Bertz CT molecular complexity index is 352. The fourth-order valence-electron chi connectivity index (χ4n) is 3.32. The Hall–Kier alpha value is -0.650. The van der Waals surface area contributed by atoms with Crippen molar-refractivity contribution in [2.45, 2.75) is 77.5 Å². The molecule has 2 atom stereocenters. The van der Waals surface area contributed by atoms with Crippen molar-refractivity contribution in [2.24, 2.45) is 0 Å². The van der Waals surface area contributed by atoms with Gasteiger partial charge < -0.3 is 5.11 Å². The fourth-order valence-corrected chi connectivity index (χ4v) is 3.56. The van der Waals surface area contributed by atoms with Crippen molar-refractivity contribution in [1.82, 2.24) is 9.80 Å². The summed E-state index contributed by atoms with van der Waals surface area (Å²) in [7, 11) is 0. The van der Waals surface area contributed by atoms with Crippen molar-refractivity contribution in [3.05, 3.63) is 0 Å². The molecule has 0 saturated carbocycles. The molecule has 2 fully saturated rings. The van der Waals surface area contributed by atoms with Crippen LogP contribution in [0.1, 0.15) is 53.4 Å².